The summed E-state index contributed by atoms with van der Waals surface area (Å²) < 4.78 is 0. The lowest BCUT2D eigenvalue weighted by Crippen LogP contribution is -2.36. The number of H-pyrrole nitrogens is 1. The van der Waals surface area contributed by atoms with Crippen molar-refractivity contribution < 1.29 is 9.90 Å². The Hall–Kier alpha value is -2.92. The van der Waals surface area contributed by atoms with E-state index in [-0.39, 0.29) is 18.4 Å². The van der Waals surface area contributed by atoms with Gasteiger partial charge in [-0.25, -0.2) is 0 Å². The van der Waals surface area contributed by atoms with Gasteiger partial charge in [0.2, 0.25) is 5.91 Å². The minimum absolute atomic E-state index is 0.0548. The molecule has 2 unspecified atom stereocenters. The van der Waals surface area contributed by atoms with Crippen LogP contribution in [-0.2, 0) is 11.2 Å². The number of allylic oxidation sites excluding steroid dienone is 1. The Morgan fingerprint density at radius 2 is 2.15 bits per heavy atom. The van der Waals surface area contributed by atoms with E-state index in [1.54, 1.807) is 6.20 Å². The fourth-order valence-electron chi connectivity index (χ4n) is 3.53. The topological polar surface area (TPSA) is 78.0 Å². The molecule has 1 aliphatic rings. The second-order valence-corrected chi connectivity index (χ2v) is 7.19. The third kappa shape index (κ3) is 3.64. The van der Waals surface area contributed by atoms with Crippen LogP contribution in [0.3, 0.4) is 0 Å². The standard InChI is InChI=1S/C22H23N3O2/c26-15-22(21(27)23-11-10-16-4-2-1-3-5-16)13-19(22)8-6-17-7-9-20-18(12-17)14-24-25-20/h1-9,12,14,19,26H,10-11,13,15H2,(H,23,27)(H,24,25)/b8-6+. The number of nitrogens with zero attached hydrogens (tertiary/aromatic N) is 1. The second kappa shape index (κ2) is 7.37. The van der Waals surface area contributed by atoms with Crippen LogP contribution in [0.25, 0.3) is 17.0 Å². The maximum atomic E-state index is 12.6. The Kier molecular flexibility index (Phi) is 4.77. The molecule has 1 aromatic heterocycles. The van der Waals surface area contributed by atoms with Crippen molar-refractivity contribution in [1.82, 2.24) is 15.5 Å². The van der Waals surface area contributed by atoms with Gasteiger partial charge in [0.15, 0.2) is 0 Å². The lowest BCUT2D eigenvalue weighted by atomic mass is 10.0. The van der Waals surface area contributed by atoms with Gasteiger partial charge < -0.3 is 10.4 Å². The largest absolute Gasteiger partial charge is 0.395 e. The molecule has 27 heavy (non-hydrogen) atoms. The number of hydrogen-bond acceptors (Lipinski definition) is 3. The fraction of sp³-hybridized carbons (Fsp3) is 0.273. The molecule has 138 valence electrons. The molecule has 3 aromatic rings. The molecule has 3 N–H and O–H groups in total. The molecule has 0 radical (unpaired) electrons. The number of aromatic nitrogens is 2. The minimum atomic E-state index is -0.674. The van der Waals surface area contributed by atoms with Gasteiger partial charge >= 0.3 is 0 Å². The van der Waals surface area contributed by atoms with Crippen molar-refractivity contribution in [2.75, 3.05) is 13.2 Å². The molecule has 0 aliphatic heterocycles. The quantitative estimate of drug-likeness (QED) is 0.605. The average molecular weight is 361 g/mol. The van der Waals surface area contributed by atoms with E-state index in [0.29, 0.717) is 13.0 Å². The zero-order chi connectivity index (χ0) is 18.7. The molecule has 5 heteroatoms. The van der Waals surface area contributed by atoms with E-state index in [4.69, 9.17) is 0 Å². The molecule has 0 bridgehead atoms. The van der Waals surface area contributed by atoms with Crippen LogP contribution in [0.1, 0.15) is 17.5 Å². The summed E-state index contributed by atoms with van der Waals surface area (Å²) in [5.41, 5.74) is 2.58. The summed E-state index contributed by atoms with van der Waals surface area (Å²) in [5, 5.41) is 20.8. The summed E-state index contributed by atoms with van der Waals surface area (Å²) in [6.07, 6.45) is 7.33. The molecule has 2 aromatic carbocycles. The van der Waals surface area contributed by atoms with Crippen LogP contribution in [0.4, 0.5) is 0 Å². The third-order valence-electron chi connectivity index (χ3n) is 5.40. The second-order valence-electron chi connectivity index (χ2n) is 7.19. The van der Waals surface area contributed by atoms with Gasteiger partial charge in [-0.1, -0.05) is 48.6 Å². The molecule has 0 saturated heterocycles. The van der Waals surface area contributed by atoms with Crippen LogP contribution in [0.5, 0.6) is 0 Å². The van der Waals surface area contributed by atoms with E-state index >= 15 is 0 Å². The highest BCUT2D eigenvalue weighted by atomic mass is 16.3. The van der Waals surface area contributed by atoms with Crippen LogP contribution in [0.15, 0.2) is 60.8 Å². The number of carbonyl (C=O) groups is 1. The Morgan fingerprint density at radius 3 is 2.96 bits per heavy atom. The van der Waals surface area contributed by atoms with Crippen molar-refractivity contribution in [1.29, 1.82) is 0 Å². The van der Waals surface area contributed by atoms with Crippen molar-refractivity contribution in [3.05, 3.63) is 71.9 Å². The zero-order valence-corrected chi connectivity index (χ0v) is 15.1. The highest BCUT2D eigenvalue weighted by molar-refractivity contribution is 5.87. The summed E-state index contributed by atoms with van der Waals surface area (Å²) in [4.78, 5) is 12.6. The Labute approximate surface area is 158 Å². The molecule has 1 heterocycles. The predicted octanol–water partition coefficient (Wildman–Crippen LogP) is 2.93. The highest BCUT2D eigenvalue weighted by Crippen LogP contribution is 2.53. The zero-order valence-electron chi connectivity index (χ0n) is 15.1. The van der Waals surface area contributed by atoms with Crippen LogP contribution in [0.2, 0.25) is 0 Å². The molecule has 4 rings (SSSR count). The number of fused-ring (bicyclic) bond motifs is 1. The van der Waals surface area contributed by atoms with Crippen LogP contribution < -0.4 is 5.32 Å². The number of benzene rings is 2. The van der Waals surface area contributed by atoms with Crippen molar-refractivity contribution in [2.24, 2.45) is 11.3 Å². The van der Waals surface area contributed by atoms with Gasteiger partial charge in [0.05, 0.1) is 23.7 Å². The molecule has 2 atom stereocenters. The maximum absolute atomic E-state index is 12.6. The Balaban J connectivity index is 1.35. The van der Waals surface area contributed by atoms with Gasteiger partial charge in [-0.3, -0.25) is 9.89 Å². The van der Waals surface area contributed by atoms with Gasteiger partial charge in [-0.15, -0.1) is 0 Å². The van der Waals surface area contributed by atoms with Crippen LogP contribution >= 0.6 is 0 Å². The average Bonchev–Trinajstić information content (AvgIpc) is 3.24. The normalized spacial score (nSPS) is 21.6. The molecule has 5 nitrogen and oxygen atoms in total. The number of aliphatic hydroxyl groups excluding tert-OH is 1. The number of amides is 1. The number of carbonyl (C=O) groups excluding carboxylic acids is 1. The molecule has 1 aliphatic carbocycles. The van der Waals surface area contributed by atoms with Gasteiger partial charge in [0.1, 0.15) is 0 Å². The van der Waals surface area contributed by atoms with Gasteiger partial charge in [-0.05, 0) is 42.0 Å². The lowest BCUT2D eigenvalue weighted by Gasteiger charge is -2.13. The first kappa shape index (κ1) is 17.5. The lowest BCUT2D eigenvalue weighted by molar-refractivity contribution is -0.128. The van der Waals surface area contributed by atoms with E-state index in [1.807, 2.05) is 54.6 Å². The van der Waals surface area contributed by atoms with Crippen molar-refractivity contribution in [3.63, 3.8) is 0 Å². The summed E-state index contributed by atoms with van der Waals surface area (Å²) >= 11 is 0. The number of rotatable bonds is 7. The van der Waals surface area contributed by atoms with Crippen molar-refractivity contribution >= 4 is 22.9 Å². The first-order valence-electron chi connectivity index (χ1n) is 9.26. The van der Waals surface area contributed by atoms with E-state index in [9.17, 15) is 9.90 Å². The molecule has 0 spiro atoms. The SMILES string of the molecule is O=C(NCCc1ccccc1)C1(CO)CC1/C=C/c1ccc2[nH]ncc2c1. The molecular formula is C22H23N3O2. The number of aromatic amines is 1. The van der Waals surface area contributed by atoms with Crippen LogP contribution in [-0.4, -0.2) is 34.4 Å². The van der Waals surface area contributed by atoms with Crippen molar-refractivity contribution in [3.8, 4) is 0 Å². The number of nitrogens with one attached hydrogen (secondary N) is 2. The first-order chi connectivity index (χ1) is 13.2. The summed E-state index contributed by atoms with van der Waals surface area (Å²) in [6.45, 7) is 0.456. The summed E-state index contributed by atoms with van der Waals surface area (Å²) in [7, 11) is 0. The predicted molar refractivity (Wildman–Crippen MR) is 106 cm³/mol. The van der Waals surface area contributed by atoms with Gasteiger partial charge in [-0.2, -0.15) is 5.10 Å². The smallest absolute Gasteiger partial charge is 0.229 e. The highest BCUT2D eigenvalue weighted by Gasteiger charge is 2.58. The van der Waals surface area contributed by atoms with E-state index < -0.39 is 5.41 Å². The molecule has 1 amide bonds. The molecule has 1 saturated carbocycles. The van der Waals surface area contributed by atoms with Gasteiger partial charge in [0.25, 0.3) is 0 Å². The monoisotopic (exact) mass is 361 g/mol. The minimum Gasteiger partial charge on any atom is -0.395 e. The summed E-state index contributed by atoms with van der Waals surface area (Å²) in [5.74, 6) is 0.0140. The Bertz CT molecular complexity index is 964. The number of hydrogen-bond donors (Lipinski definition) is 3. The summed E-state index contributed by atoms with van der Waals surface area (Å²) in [6, 6.07) is 16.1. The third-order valence-corrected chi connectivity index (χ3v) is 5.40. The van der Waals surface area contributed by atoms with E-state index in [0.717, 1.165) is 22.9 Å². The van der Waals surface area contributed by atoms with Gasteiger partial charge in [0, 0.05) is 11.9 Å². The van der Waals surface area contributed by atoms with E-state index in [1.165, 1.54) is 5.56 Å². The molecule has 1 fully saturated rings. The Morgan fingerprint density at radius 1 is 1.30 bits per heavy atom. The fourth-order valence-corrected chi connectivity index (χ4v) is 3.53. The number of aliphatic hydroxyl groups is 1. The first-order valence-corrected chi connectivity index (χ1v) is 9.26. The maximum Gasteiger partial charge on any atom is 0.229 e. The van der Waals surface area contributed by atoms with Crippen LogP contribution in [0, 0.1) is 11.3 Å². The molecular weight excluding hydrogens is 338 g/mol. The van der Waals surface area contributed by atoms with Crippen molar-refractivity contribution in [2.45, 2.75) is 12.8 Å². The van der Waals surface area contributed by atoms with E-state index in [2.05, 4.69) is 21.6 Å².